The minimum absolute atomic E-state index is 0.0298. The lowest BCUT2D eigenvalue weighted by molar-refractivity contribution is -0.152. The average Bonchev–Trinajstić information content (AvgIpc) is 2.99. The minimum atomic E-state index is -0.404. The number of aryl methyl sites for hydroxylation is 3. The van der Waals surface area contributed by atoms with Crippen molar-refractivity contribution in [3.05, 3.63) is 34.4 Å². The predicted molar refractivity (Wildman–Crippen MR) is 90.4 cm³/mol. The van der Waals surface area contributed by atoms with E-state index < -0.39 is 6.04 Å². The number of hydrogen-bond donors (Lipinski definition) is 0. The first-order valence-electron chi connectivity index (χ1n) is 8.53. The maximum Gasteiger partial charge on any atom is 0.328 e. The van der Waals surface area contributed by atoms with Crippen molar-refractivity contribution >= 4 is 11.9 Å². The molecule has 0 aliphatic carbocycles. The summed E-state index contributed by atoms with van der Waals surface area (Å²) in [6.45, 7) is 9.04. The molecule has 0 bridgehead atoms. The summed E-state index contributed by atoms with van der Waals surface area (Å²) in [7, 11) is 0. The number of carbonyl (C=O) groups excluding carboxylic acids is 2. The van der Waals surface area contributed by atoms with Crippen LogP contribution in [0.5, 0.6) is 0 Å². The summed E-state index contributed by atoms with van der Waals surface area (Å²) in [5.74, 6) is -0.239. The van der Waals surface area contributed by atoms with Crippen LogP contribution in [0.25, 0.3) is 0 Å². The molecule has 4 heteroatoms. The molecule has 1 heterocycles. The van der Waals surface area contributed by atoms with Gasteiger partial charge in [0, 0.05) is 6.54 Å². The van der Waals surface area contributed by atoms with Gasteiger partial charge in [-0.1, -0.05) is 24.6 Å². The van der Waals surface area contributed by atoms with Crippen LogP contribution in [0.2, 0.25) is 0 Å². The third kappa shape index (κ3) is 3.92. The molecule has 0 unspecified atom stereocenters. The summed E-state index contributed by atoms with van der Waals surface area (Å²) in [6, 6.07) is 3.87. The zero-order valence-electron chi connectivity index (χ0n) is 14.6. The Labute approximate surface area is 138 Å². The van der Waals surface area contributed by atoms with Gasteiger partial charge >= 0.3 is 5.97 Å². The SMILES string of the molecule is CCOC(=O)[C@@H]1CCCN1C(=O)Cc1c(C)cc(C)cc1CC. The van der Waals surface area contributed by atoms with Crippen LogP contribution in [0.4, 0.5) is 0 Å². The molecule has 1 aliphatic rings. The zero-order chi connectivity index (χ0) is 17.0. The maximum atomic E-state index is 12.8. The molecule has 23 heavy (non-hydrogen) atoms. The first kappa shape index (κ1) is 17.5. The van der Waals surface area contributed by atoms with Gasteiger partial charge in [-0.15, -0.1) is 0 Å². The molecule has 1 amide bonds. The second kappa shape index (κ2) is 7.62. The van der Waals surface area contributed by atoms with Crippen LogP contribution in [0, 0.1) is 13.8 Å². The predicted octanol–water partition coefficient (Wildman–Crippen LogP) is 2.96. The average molecular weight is 317 g/mol. The summed E-state index contributed by atoms with van der Waals surface area (Å²) < 4.78 is 5.11. The van der Waals surface area contributed by atoms with Crippen LogP contribution in [0.15, 0.2) is 12.1 Å². The topological polar surface area (TPSA) is 46.6 Å². The Morgan fingerprint density at radius 3 is 2.65 bits per heavy atom. The van der Waals surface area contributed by atoms with E-state index in [0.717, 1.165) is 24.0 Å². The van der Waals surface area contributed by atoms with Crippen LogP contribution >= 0.6 is 0 Å². The lowest BCUT2D eigenvalue weighted by Crippen LogP contribution is -2.42. The van der Waals surface area contributed by atoms with Gasteiger partial charge in [-0.25, -0.2) is 4.79 Å². The van der Waals surface area contributed by atoms with Crippen LogP contribution in [-0.4, -0.2) is 36.0 Å². The Morgan fingerprint density at radius 2 is 2.00 bits per heavy atom. The Hall–Kier alpha value is -1.84. The van der Waals surface area contributed by atoms with E-state index in [1.165, 1.54) is 11.1 Å². The Kier molecular flexibility index (Phi) is 5.80. The highest BCUT2D eigenvalue weighted by Crippen LogP contribution is 2.23. The fourth-order valence-electron chi connectivity index (χ4n) is 3.46. The van der Waals surface area contributed by atoms with Crippen molar-refractivity contribution in [1.82, 2.24) is 4.90 Å². The molecule has 1 atom stereocenters. The number of rotatable bonds is 5. The van der Waals surface area contributed by atoms with E-state index in [1.807, 2.05) is 0 Å². The third-order valence-corrected chi connectivity index (χ3v) is 4.55. The molecule has 126 valence electrons. The van der Waals surface area contributed by atoms with Crippen LogP contribution < -0.4 is 0 Å². The van der Waals surface area contributed by atoms with Gasteiger partial charge < -0.3 is 9.64 Å². The molecule has 0 aromatic heterocycles. The minimum Gasteiger partial charge on any atom is -0.464 e. The van der Waals surface area contributed by atoms with Gasteiger partial charge in [0.15, 0.2) is 0 Å². The molecule has 2 rings (SSSR count). The standard InChI is InChI=1S/C19H27NO3/c1-5-15-11-13(3)10-14(4)16(15)12-18(21)20-9-7-8-17(20)19(22)23-6-2/h10-11,17H,5-9,12H2,1-4H3/t17-/m0/s1. The van der Waals surface area contributed by atoms with Gasteiger partial charge in [-0.2, -0.15) is 0 Å². The van der Waals surface area contributed by atoms with Crippen molar-refractivity contribution in [3.8, 4) is 0 Å². The fraction of sp³-hybridized carbons (Fsp3) is 0.579. The van der Waals surface area contributed by atoms with E-state index in [9.17, 15) is 9.59 Å². The monoisotopic (exact) mass is 317 g/mol. The summed E-state index contributed by atoms with van der Waals surface area (Å²) in [5.41, 5.74) is 4.71. The molecule has 0 radical (unpaired) electrons. The first-order valence-corrected chi connectivity index (χ1v) is 8.53. The molecule has 1 fully saturated rings. The number of hydrogen-bond acceptors (Lipinski definition) is 3. The molecule has 1 aromatic carbocycles. The highest BCUT2D eigenvalue weighted by molar-refractivity contribution is 5.86. The fourth-order valence-corrected chi connectivity index (χ4v) is 3.46. The highest BCUT2D eigenvalue weighted by atomic mass is 16.5. The second-order valence-corrected chi connectivity index (χ2v) is 6.25. The van der Waals surface area contributed by atoms with E-state index in [-0.39, 0.29) is 11.9 Å². The molecule has 0 N–H and O–H groups in total. The van der Waals surface area contributed by atoms with Gasteiger partial charge in [-0.3, -0.25) is 4.79 Å². The number of benzene rings is 1. The van der Waals surface area contributed by atoms with Crippen molar-refractivity contribution in [2.24, 2.45) is 0 Å². The van der Waals surface area contributed by atoms with Crippen molar-refractivity contribution in [2.45, 2.75) is 59.4 Å². The Balaban J connectivity index is 2.17. The van der Waals surface area contributed by atoms with Gasteiger partial charge in [0.25, 0.3) is 0 Å². The number of esters is 1. The molecular weight excluding hydrogens is 290 g/mol. The summed E-state index contributed by atoms with van der Waals surface area (Å²) in [5, 5.41) is 0. The summed E-state index contributed by atoms with van der Waals surface area (Å²) in [4.78, 5) is 26.5. The molecule has 0 saturated carbocycles. The largest absolute Gasteiger partial charge is 0.464 e. The number of ether oxygens (including phenoxy) is 1. The normalized spacial score (nSPS) is 17.4. The van der Waals surface area contributed by atoms with Gasteiger partial charge in [0.1, 0.15) is 6.04 Å². The van der Waals surface area contributed by atoms with E-state index in [0.29, 0.717) is 26.0 Å². The molecular formula is C19H27NO3. The van der Waals surface area contributed by atoms with Crippen molar-refractivity contribution in [2.75, 3.05) is 13.2 Å². The van der Waals surface area contributed by atoms with Gasteiger partial charge in [-0.05, 0) is 56.7 Å². The molecule has 1 saturated heterocycles. The summed E-state index contributed by atoms with van der Waals surface area (Å²) >= 11 is 0. The van der Waals surface area contributed by atoms with Crippen molar-refractivity contribution < 1.29 is 14.3 Å². The lowest BCUT2D eigenvalue weighted by Gasteiger charge is -2.24. The van der Waals surface area contributed by atoms with E-state index in [4.69, 9.17) is 4.74 Å². The molecule has 1 aromatic rings. The lowest BCUT2D eigenvalue weighted by atomic mass is 9.94. The van der Waals surface area contributed by atoms with E-state index in [1.54, 1.807) is 11.8 Å². The molecule has 1 aliphatic heterocycles. The van der Waals surface area contributed by atoms with E-state index >= 15 is 0 Å². The molecule has 4 nitrogen and oxygen atoms in total. The number of nitrogens with zero attached hydrogens (tertiary/aromatic N) is 1. The van der Waals surface area contributed by atoms with E-state index in [2.05, 4.69) is 32.9 Å². The summed E-state index contributed by atoms with van der Waals surface area (Å²) in [6.07, 6.45) is 2.85. The quantitative estimate of drug-likeness (QED) is 0.784. The van der Waals surface area contributed by atoms with Crippen LogP contribution in [0.3, 0.4) is 0 Å². The second-order valence-electron chi connectivity index (χ2n) is 6.25. The highest BCUT2D eigenvalue weighted by Gasteiger charge is 2.35. The zero-order valence-corrected chi connectivity index (χ0v) is 14.6. The van der Waals surface area contributed by atoms with Gasteiger partial charge in [0.2, 0.25) is 5.91 Å². The molecule has 0 spiro atoms. The number of likely N-dealkylation sites (tertiary alicyclic amines) is 1. The Morgan fingerprint density at radius 1 is 1.26 bits per heavy atom. The number of amides is 1. The smallest absolute Gasteiger partial charge is 0.328 e. The third-order valence-electron chi connectivity index (χ3n) is 4.55. The maximum absolute atomic E-state index is 12.8. The van der Waals surface area contributed by atoms with Crippen LogP contribution in [-0.2, 0) is 27.2 Å². The van der Waals surface area contributed by atoms with Gasteiger partial charge in [0.05, 0.1) is 13.0 Å². The first-order chi connectivity index (χ1) is 11.0. The number of carbonyl (C=O) groups is 2. The van der Waals surface area contributed by atoms with Crippen molar-refractivity contribution in [3.63, 3.8) is 0 Å². The van der Waals surface area contributed by atoms with Crippen molar-refractivity contribution in [1.29, 1.82) is 0 Å². The Bertz CT molecular complexity index is 595. The van der Waals surface area contributed by atoms with Crippen LogP contribution in [0.1, 0.15) is 48.9 Å².